The van der Waals surface area contributed by atoms with E-state index in [0.717, 1.165) is 5.56 Å². The van der Waals surface area contributed by atoms with Crippen LogP contribution in [-0.4, -0.2) is 29.6 Å². The number of carbonyl (C=O) groups excluding carboxylic acids is 1. The minimum absolute atomic E-state index is 0.0705. The molecule has 0 saturated carbocycles. The maximum Gasteiger partial charge on any atom is 0.320 e. The van der Waals surface area contributed by atoms with Crippen LogP contribution in [0.25, 0.3) is 0 Å². The van der Waals surface area contributed by atoms with E-state index in [9.17, 15) is 9.59 Å². The van der Waals surface area contributed by atoms with Gasteiger partial charge in [0.05, 0.1) is 6.54 Å². The maximum absolute atomic E-state index is 11.5. The van der Waals surface area contributed by atoms with Gasteiger partial charge in [0.15, 0.2) is 0 Å². The Hall–Kier alpha value is -1.59. The van der Waals surface area contributed by atoms with Gasteiger partial charge in [-0.15, -0.1) is 0 Å². The van der Waals surface area contributed by atoms with E-state index in [1.165, 1.54) is 6.92 Å². The molecule has 1 rings (SSSR count). The first-order valence-electron chi connectivity index (χ1n) is 5.42. The summed E-state index contributed by atoms with van der Waals surface area (Å²) in [5.74, 6) is -1.32. The number of hydrogen-bond acceptors (Lipinski definition) is 3. The summed E-state index contributed by atoms with van der Waals surface area (Å²) in [6.45, 7) is 3.27. The average molecular weight is 271 g/mol. The molecule has 0 aliphatic carbocycles. The van der Waals surface area contributed by atoms with Crippen LogP contribution in [0.1, 0.15) is 12.5 Å². The number of amides is 1. The second-order valence-electron chi connectivity index (χ2n) is 3.95. The van der Waals surface area contributed by atoms with Gasteiger partial charge in [-0.1, -0.05) is 17.7 Å². The van der Waals surface area contributed by atoms with Crippen LogP contribution in [0, 0.1) is 6.92 Å². The number of anilines is 1. The van der Waals surface area contributed by atoms with Gasteiger partial charge >= 0.3 is 5.97 Å². The lowest BCUT2D eigenvalue weighted by Crippen LogP contribution is -2.39. The summed E-state index contributed by atoms with van der Waals surface area (Å²) in [5, 5.41) is 14.4. The number of carboxylic acid groups (broad SMARTS) is 1. The molecular weight excluding hydrogens is 256 g/mol. The lowest BCUT2D eigenvalue weighted by Gasteiger charge is -2.10. The molecule has 0 fully saturated rings. The highest BCUT2D eigenvalue weighted by Gasteiger charge is 2.11. The molecule has 1 amide bonds. The summed E-state index contributed by atoms with van der Waals surface area (Å²) in [6.07, 6.45) is 0. The molecule has 1 aromatic carbocycles. The number of aryl methyl sites for hydroxylation is 1. The van der Waals surface area contributed by atoms with Gasteiger partial charge in [-0.05, 0) is 31.5 Å². The van der Waals surface area contributed by atoms with Crippen LogP contribution in [0.15, 0.2) is 18.2 Å². The Morgan fingerprint density at radius 3 is 2.67 bits per heavy atom. The lowest BCUT2D eigenvalue weighted by molar-refractivity contribution is -0.139. The predicted octanol–water partition coefficient (Wildman–Crippen LogP) is 1.65. The Bertz CT molecular complexity index is 463. The van der Waals surface area contributed by atoms with Gasteiger partial charge in [0.1, 0.15) is 6.04 Å². The van der Waals surface area contributed by atoms with E-state index in [1.807, 2.05) is 6.92 Å². The Balaban J connectivity index is 2.49. The molecule has 0 aliphatic heterocycles. The van der Waals surface area contributed by atoms with Gasteiger partial charge in [-0.3, -0.25) is 14.9 Å². The number of rotatable bonds is 5. The van der Waals surface area contributed by atoms with Crippen LogP contribution in [0.5, 0.6) is 0 Å². The van der Waals surface area contributed by atoms with E-state index in [4.69, 9.17) is 16.7 Å². The summed E-state index contributed by atoms with van der Waals surface area (Å²) in [5.41, 5.74) is 1.51. The fourth-order valence-electron chi connectivity index (χ4n) is 1.21. The summed E-state index contributed by atoms with van der Waals surface area (Å²) in [7, 11) is 0. The third-order valence-corrected chi connectivity index (χ3v) is 2.80. The van der Waals surface area contributed by atoms with Crippen molar-refractivity contribution in [1.82, 2.24) is 5.32 Å². The molecule has 0 aliphatic rings. The third kappa shape index (κ3) is 4.35. The van der Waals surface area contributed by atoms with Crippen LogP contribution in [0.3, 0.4) is 0 Å². The van der Waals surface area contributed by atoms with Crippen molar-refractivity contribution in [3.05, 3.63) is 28.8 Å². The Morgan fingerprint density at radius 2 is 2.11 bits per heavy atom. The third-order valence-electron chi connectivity index (χ3n) is 2.39. The number of carbonyl (C=O) groups is 2. The van der Waals surface area contributed by atoms with Crippen molar-refractivity contribution in [3.63, 3.8) is 0 Å². The van der Waals surface area contributed by atoms with Crippen LogP contribution in [-0.2, 0) is 9.59 Å². The van der Waals surface area contributed by atoms with E-state index >= 15 is 0 Å². The quantitative estimate of drug-likeness (QED) is 0.760. The second-order valence-corrected chi connectivity index (χ2v) is 4.36. The van der Waals surface area contributed by atoms with Crippen molar-refractivity contribution < 1.29 is 14.7 Å². The van der Waals surface area contributed by atoms with E-state index in [1.54, 1.807) is 18.2 Å². The standard InChI is InChI=1S/C12H15ClN2O3/c1-7-3-4-9(5-10(7)13)15-11(16)6-14-8(2)12(17)18/h3-5,8,14H,6H2,1-2H3,(H,15,16)(H,17,18). The van der Waals surface area contributed by atoms with E-state index in [2.05, 4.69) is 10.6 Å². The summed E-state index contributed by atoms with van der Waals surface area (Å²) >= 11 is 5.92. The minimum Gasteiger partial charge on any atom is -0.480 e. The monoisotopic (exact) mass is 270 g/mol. The van der Waals surface area contributed by atoms with E-state index in [-0.39, 0.29) is 12.5 Å². The first-order valence-corrected chi connectivity index (χ1v) is 5.80. The van der Waals surface area contributed by atoms with Crippen molar-refractivity contribution in [2.24, 2.45) is 0 Å². The number of carboxylic acids is 1. The largest absolute Gasteiger partial charge is 0.480 e. The molecule has 6 heteroatoms. The molecule has 0 saturated heterocycles. The van der Waals surface area contributed by atoms with Crippen LogP contribution in [0.2, 0.25) is 5.02 Å². The summed E-state index contributed by atoms with van der Waals surface area (Å²) in [4.78, 5) is 22.1. The van der Waals surface area contributed by atoms with Crippen LogP contribution < -0.4 is 10.6 Å². The SMILES string of the molecule is Cc1ccc(NC(=O)CNC(C)C(=O)O)cc1Cl. The highest BCUT2D eigenvalue weighted by Crippen LogP contribution is 2.19. The molecule has 0 aromatic heterocycles. The first kappa shape index (κ1) is 14.5. The summed E-state index contributed by atoms with van der Waals surface area (Å²) in [6, 6.07) is 4.41. The van der Waals surface area contributed by atoms with E-state index < -0.39 is 12.0 Å². The highest BCUT2D eigenvalue weighted by atomic mass is 35.5. The molecule has 18 heavy (non-hydrogen) atoms. The molecule has 3 N–H and O–H groups in total. The van der Waals surface area contributed by atoms with E-state index in [0.29, 0.717) is 10.7 Å². The minimum atomic E-state index is -0.999. The average Bonchev–Trinajstić information content (AvgIpc) is 2.30. The van der Waals surface area contributed by atoms with Crippen molar-refractivity contribution in [3.8, 4) is 0 Å². The highest BCUT2D eigenvalue weighted by molar-refractivity contribution is 6.31. The normalized spacial score (nSPS) is 11.9. The molecule has 0 bridgehead atoms. The molecule has 0 heterocycles. The Morgan fingerprint density at radius 1 is 1.44 bits per heavy atom. The molecular formula is C12H15ClN2O3. The summed E-state index contributed by atoms with van der Waals surface area (Å²) < 4.78 is 0. The first-order chi connectivity index (χ1) is 8.40. The molecule has 5 nitrogen and oxygen atoms in total. The van der Waals surface area contributed by atoms with Gasteiger partial charge < -0.3 is 10.4 Å². The lowest BCUT2D eigenvalue weighted by atomic mass is 10.2. The van der Waals surface area contributed by atoms with Crippen LogP contribution in [0.4, 0.5) is 5.69 Å². The zero-order valence-electron chi connectivity index (χ0n) is 10.2. The maximum atomic E-state index is 11.5. The van der Waals surface area contributed by atoms with Crippen LogP contribution >= 0.6 is 11.6 Å². The topological polar surface area (TPSA) is 78.4 Å². The van der Waals surface area contributed by atoms with Crippen molar-refractivity contribution in [1.29, 1.82) is 0 Å². The second kappa shape index (κ2) is 6.37. The Kier molecular flexibility index (Phi) is 5.12. The van der Waals surface area contributed by atoms with Gasteiger partial charge in [0.25, 0.3) is 0 Å². The number of halogens is 1. The van der Waals surface area contributed by atoms with Gasteiger partial charge in [-0.2, -0.15) is 0 Å². The van der Waals surface area contributed by atoms with Crippen molar-refractivity contribution >= 4 is 29.2 Å². The zero-order valence-corrected chi connectivity index (χ0v) is 10.9. The predicted molar refractivity (Wildman–Crippen MR) is 69.9 cm³/mol. The Labute approximate surface area is 110 Å². The number of nitrogens with one attached hydrogen (secondary N) is 2. The number of aliphatic carboxylic acids is 1. The fourth-order valence-corrected chi connectivity index (χ4v) is 1.39. The molecule has 98 valence electrons. The number of hydrogen-bond donors (Lipinski definition) is 3. The molecule has 1 aromatic rings. The zero-order chi connectivity index (χ0) is 13.7. The molecule has 1 unspecified atom stereocenters. The molecule has 0 radical (unpaired) electrons. The molecule has 0 spiro atoms. The van der Waals surface area contributed by atoms with Gasteiger partial charge in [0.2, 0.25) is 5.91 Å². The van der Waals surface area contributed by atoms with Gasteiger partial charge in [-0.25, -0.2) is 0 Å². The molecule has 1 atom stereocenters. The van der Waals surface area contributed by atoms with Crippen molar-refractivity contribution in [2.75, 3.05) is 11.9 Å². The number of benzene rings is 1. The van der Waals surface area contributed by atoms with Crippen molar-refractivity contribution in [2.45, 2.75) is 19.9 Å². The fraction of sp³-hybridized carbons (Fsp3) is 0.333. The smallest absolute Gasteiger partial charge is 0.320 e. The van der Waals surface area contributed by atoms with Gasteiger partial charge in [0, 0.05) is 10.7 Å².